The Morgan fingerprint density at radius 3 is 2.61 bits per heavy atom. The molecule has 23 heavy (non-hydrogen) atoms. The molecule has 1 aliphatic carbocycles. The van der Waals surface area contributed by atoms with Crippen LogP contribution in [0, 0.1) is 24.7 Å². The van der Waals surface area contributed by atoms with E-state index in [0.717, 1.165) is 47.1 Å². The monoisotopic (exact) mass is 312 g/mol. The number of hydrogen-bond donors (Lipinski definition) is 2. The topological polar surface area (TPSA) is 67.7 Å². The fourth-order valence-corrected chi connectivity index (χ4v) is 4.18. The van der Waals surface area contributed by atoms with Gasteiger partial charge in [-0.25, -0.2) is 0 Å². The number of nitrogens with one attached hydrogen (secondary N) is 2. The maximum Gasteiger partial charge on any atom is 0.148 e. The average Bonchev–Trinajstić information content (AvgIpc) is 3.21. The summed E-state index contributed by atoms with van der Waals surface area (Å²) in [5.74, 6) is 3.42. The Hall–Kier alpha value is -1.95. The van der Waals surface area contributed by atoms with Crippen molar-refractivity contribution in [2.24, 2.45) is 24.8 Å². The number of rotatable bonds is 4. The summed E-state index contributed by atoms with van der Waals surface area (Å²) < 4.78 is 1.85. The molecule has 6 heteroatoms. The Labute approximate surface area is 136 Å². The lowest BCUT2D eigenvalue weighted by molar-refractivity contribution is 0.494. The molecule has 2 N–H and O–H groups in total. The lowest BCUT2D eigenvalue weighted by Crippen LogP contribution is -2.17. The first-order chi connectivity index (χ1) is 11.2. The SMILES string of the molecule is Cc1cnn(C)c1-c1ccc(NCC2C[C@@H]3CNC[C@H]3C2)nn1. The number of fused-ring (bicyclic) bond motifs is 1. The molecule has 1 aliphatic heterocycles. The predicted octanol–water partition coefficient (Wildman–Crippen LogP) is 1.84. The van der Waals surface area contributed by atoms with Gasteiger partial charge < -0.3 is 10.6 Å². The minimum absolute atomic E-state index is 0.771. The van der Waals surface area contributed by atoms with Crippen LogP contribution < -0.4 is 10.6 Å². The lowest BCUT2D eigenvalue weighted by Gasteiger charge is -2.13. The van der Waals surface area contributed by atoms with Gasteiger partial charge in [-0.3, -0.25) is 4.68 Å². The van der Waals surface area contributed by atoms with Gasteiger partial charge in [-0.1, -0.05) is 0 Å². The molecule has 1 saturated carbocycles. The van der Waals surface area contributed by atoms with Gasteiger partial charge in [-0.05, 0) is 68.3 Å². The zero-order valence-corrected chi connectivity index (χ0v) is 13.8. The normalized spacial score (nSPS) is 24.1. The van der Waals surface area contributed by atoms with Crippen LogP contribution in [0.25, 0.3) is 11.4 Å². The molecule has 6 nitrogen and oxygen atoms in total. The fraction of sp³-hybridized carbons (Fsp3) is 0.588. The number of hydrogen-bond acceptors (Lipinski definition) is 5. The molecule has 2 aliphatic rings. The first-order valence-electron chi connectivity index (χ1n) is 8.48. The van der Waals surface area contributed by atoms with Crippen LogP contribution in [-0.4, -0.2) is 39.6 Å². The molecule has 0 bridgehead atoms. The second kappa shape index (κ2) is 5.92. The molecule has 0 spiro atoms. The van der Waals surface area contributed by atoms with E-state index in [2.05, 4.69) is 25.9 Å². The minimum atomic E-state index is 0.771. The Morgan fingerprint density at radius 1 is 1.22 bits per heavy atom. The first-order valence-corrected chi connectivity index (χ1v) is 8.48. The Kier molecular flexibility index (Phi) is 3.77. The van der Waals surface area contributed by atoms with Gasteiger partial charge in [0.25, 0.3) is 0 Å². The summed E-state index contributed by atoms with van der Waals surface area (Å²) in [5, 5.41) is 19.9. The van der Waals surface area contributed by atoms with Crippen molar-refractivity contribution in [1.82, 2.24) is 25.3 Å². The van der Waals surface area contributed by atoms with Crippen molar-refractivity contribution in [2.75, 3.05) is 25.0 Å². The van der Waals surface area contributed by atoms with E-state index in [1.807, 2.05) is 37.0 Å². The second-order valence-electron chi connectivity index (χ2n) is 7.00. The van der Waals surface area contributed by atoms with Gasteiger partial charge in [0, 0.05) is 13.6 Å². The third-order valence-corrected chi connectivity index (χ3v) is 5.35. The highest BCUT2D eigenvalue weighted by Gasteiger charge is 2.36. The zero-order chi connectivity index (χ0) is 15.8. The number of aryl methyl sites for hydroxylation is 2. The van der Waals surface area contributed by atoms with Crippen LogP contribution in [-0.2, 0) is 7.05 Å². The third-order valence-electron chi connectivity index (χ3n) is 5.35. The van der Waals surface area contributed by atoms with Crippen LogP contribution in [0.1, 0.15) is 18.4 Å². The predicted molar refractivity (Wildman–Crippen MR) is 90.0 cm³/mol. The molecule has 1 saturated heterocycles. The molecule has 4 rings (SSSR count). The van der Waals surface area contributed by atoms with Crippen molar-refractivity contribution in [2.45, 2.75) is 19.8 Å². The standard InChI is InChI=1S/C17H24N6/c1-11-7-20-23(2)17(11)15-3-4-16(22-21-15)19-8-12-5-13-9-18-10-14(13)6-12/h3-4,7,12-14,18H,5-6,8-10H2,1-2H3,(H,19,22)/t13-,14-/m1/s1. The molecule has 122 valence electrons. The largest absolute Gasteiger partial charge is 0.368 e. The van der Waals surface area contributed by atoms with E-state index in [4.69, 9.17) is 0 Å². The summed E-state index contributed by atoms with van der Waals surface area (Å²) >= 11 is 0. The van der Waals surface area contributed by atoms with Crippen LogP contribution >= 0.6 is 0 Å². The van der Waals surface area contributed by atoms with Gasteiger partial charge in [-0.15, -0.1) is 10.2 Å². The highest BCUT2D eigenvalue weighted by atomic mass is 15.3. The summed E-state index contributed by atoms with van der Waals surface area (Å²) in [6.45, 7) is 5.47. The van der Waals surface area contributed by atoms with Crippen LogP contribution in [0.4, 0.5) is 5.82 Å². The number of anilines is 1. The van der Waals surface area contributed by atoms with Crippen LogP contribution in [0.15, 0.2) is 18.3 Å². The molecule has 0 radical (unpaired) electrons. The minimum Gasteiger partial charge on any atom is -0.368 e. The fourth-order valence-electron chi connectivity index (χ4n) is 4.18. The van der Waals surface area contributed by atoms with Gasteiger partial charge in [0.2, 0.25) is 0 Å². The summed E-state index contributed by atoms with van der Waals surface area (Å²) in [6, 6.07) is 4.04. The summed E-state index contributed by atoms with van der Waals surface area (Å²) in [5.41, 5.74) is 3.02. The van der Waals surface area contributed by atoms with E-state index in [1.54, 1.807) is 0 Å². The summed E-state index contributed by atoms with van der Waals surface area (Å²) in [6.07, 6.45) is 4.53. The van der Waals surface area contributed by atoms with E-state index in [9.17, 15) is 0 Å². The molecule has 2 atom stereocenters. The smallest absolute Gasteiger partial charge is 0.148 e. The Bertz CT molecular complexity index is 645. The molecule has 2 fully saturated rings. The summed E-state index contributed by atoms with van der Waals surface area (Å²) in [7, 11) is 1.93. The van der Waals surface area contributed by atoms with Gasteiger partial charge in [0.1, 0.15) is 11.5 Å². The highest BCUT2D eigenvalue weighted by Crippen LogP contribution is 2.38. The van der Waals surface area contributed by atoms with Crippen LogP contribution in [0.3, 0.4) is 0 Å². The Balaban J connectivity index is 1.37. The van der Waals surface area contributed by atoms with Gasteiger partial charge in [-0.2, -0.15) is 5.10 Å². The number of aromatic nitrogens is 4. The van der Waals surface area contributed by atoms with Gasteiger partial charge >= 0.3 is 0 Å². The first kappa shape index (κ1) is 14.6. The van der Waals surface area contributed by atoms with Crippen LogP contribution in [0.2, 0.25) is 0 Å². The van der Waals surface area contributed by atoms with Crippen LogP contribution in [0.5, 0.6) is 0 Å². The molecular formula is C17H24N6. The van der Waals surface area contributed by atoms with E-state index in [1.165, 1.54) is 25.9 Å². The van der Waals surface area contributed by atoms with Crippen molar-refractivity contribution >= 4 is 5.82 Å². The van der Waals surface area contributed by atoms with Crippen molar-refractivity contribution in [3.8, 4) is 11.4 Å². The van der Waals surface area contributed by atoms with Crippen molar-refractivity contribution in [3.63, 3.8) is 0 Å². The van der Waals surface area contributed by atoms with Gasteiger partial charge in [0.15, 0.2) is 0 Å². The average molecular weight is 312 g/mol. The van der Waals surface area contributed by atoms with E-state index >= 15 is 0 Å². The molecule has 0 amide bonds. The number of nitrogens with zero attached hydrogens (tertiary/aromatic N) is 4. The van der Waals surface area contributed by atoms with Crippen molar-refractivity contribution in [1.29, 1.82) is 0 Å². The molecule has 0 unspecified atom stereocenters. The summed E-state index contributed by atoms with van der Waals surface area (Å²) in [4.78, 5) is 0. The third kappa shape index (κ3) is 2.83. The maximum atomic E-state index is 4.36. The molecule has 2 aromatic heterocycles. The highest BCUT2D eigenvalue weighted by molar-refractivity contribution is 5.59. The molecule has 3 heterocycles. The second-order valence-corrected chi connectivity index (χ2v) is 7.00. The molecule has 2 aromatic rings. The molecule has 0 aromatic carbocycles. The Morgan fingerprint density at radius 2 is 2.00 bits per heavy atom. The van der Waals surface area contributed by atoms with Gasteiger partial charge in [0.05, 0.1) is 11.9 Å². The van der Waals surface area contributed by atoms with E-state index in [0.29, 0.717) is 0 Å². The molecular weight excluding hydrogens is 288 g/mol. The van der Waals surface area contributed by atoms with E-state index in [-0.39, 0.29) is 0 Å². The zero-order valence-electron chi connectivity index (χ0n) is 13.8. The lowest BCUT2D eigenvalue weighted by atomic mass is 10.0. The quantitative estimate of drug-likeness (QED) is 0.902. The maximum absolute atomic E-state index is 4.36. The van der Waals surface area contributed by atoms with E-state index < -0.39 is 0 Å². The van der Waals surface area contributed by atoms with Crippen molar-refractivity contribution < 1.29 is 0 Å². The van der Waals surface area contributed by atoms with Crippen molar-refractivity contribution in [3.05, 3.63) is 23.9 Å².